The van der Waals surface area contributed by atoms with E-state index in [0.29, 0.717) is 5.92 Å². The molecule has 3 heteroatoms. The Labute approximate surface area is 301 Å². The maximum atomic E-state index is 5.24. The lowest BCUT2D eigenvalue weighted by atomic mass is 9.80. The summed E-state index contributed by atoms with van der Waals surface area (Å²) in [5, 5.41) is 0. The molecule has 3 nitrogen and oxygen atoms in total. The Morgan fingerprint density at radius 1 is 0.490 bits per heavy atom. The molecular weight excluding hydrogens is 619 g/mol. The summed E-state index contributed by atoms with van der Waals surface area (Å²) < 4.78 is 0. The molecule has 0 fully saturated rings. The Morgan fingerprint density at radius 3 is 1.80 bits per heavy atom. The highest BCUT2D eigenvalue weighted by Gasteiger charge is 2.40. The molecule has 2 aliphatic carbocycles. The fraction of sp³-hybridized carbons (Fsp3) is 0.188. The Morgan fingerprint density at radius 2 is 1.12 bits per heavy atom. The zero-order valence-corrected chi connectivity index (χ0v) is 30.2. The number of pyridine rings is 1. The van der Waals surface area contributed by atoms with Crippen molar-refractivity contribution in [3.05, 3.63) is 162 Å². The zero-order chi connectivity index (χ0) is 35.1. The van der Waals surface area contributed by atoms with Gasteiger partial charge in [0.15, 0.2) is 18.2 Å². The van der Waals surface area contributed by atoms with E-state index >= 15 is 0 Å². The van der Waals surface area contributed by atoms with Gasteiger partial charge in [0.25, 0.3) is 0 Å². The number of nitrogens with one attached hydrogen (secondary N) is 1. The molecule has 9 rings (SSSR count). The molecule has 2 aliphatic rings. The normalized spacial score (nSPS) is 14.6. The lowest BCUT2D eigenvalue weighted by Crippen LogP contribution is -2.17. The van der Waals surface area contributed by atoms with Crippen LogP contribution in [-0.4, -0.2) is 9.97 Å². The highest BCUT2D eigenvalue weighted by Crippen LogP contribution is 2.52. The van der Waals surface area contributed by atoms with Crippen molar-refractivity contribution in [3.63, 3.8) is 0 Å². The molecule has 0 radical (unpaired) electrons. The lowest BCUT2D eigenvalue weighted by molar-refractivity contribution is -0.377. The average Bonchev–Trinajstić information content (AvgIpc) is 3.54. The summed E-state index contributed by atoms with van der Waals surface area (Å²) in [5.74, 6) is 1.24. The van der Waals surface area contributed by atoms with Gasteiger partial charge in [-0.15, -0.1) is 0 Å². The molecule has 0 unspecified atom stereocenters. The van der Waals surface area contributed by atoms with Crippen LogP contribution in [0, 0.1) is 0 Å². The standard InChI is InChI=1S/C48H41N3/c1-29(2)34-22-24-41-39(26-34)37-23-21-35(27-42(37)47(41,3)4)32-15-13-30(14-16-32)31-17-19-33(20-18-31)44-43-45(38-11-7-8-12-40(38)48(43,5)6)51-46(50-44)36-10-9-25-49-28-36/h7-29H,1-6H3/p+1. The van der Waals surface area contributed by atoms with Crippen molar-refractivity contribution in [2.75, 3.05) is 0 Å². The van der Waals surface area contributed by atoms with Crippen LogP contribution in [0.3, 0.4) is 0 Å². The van der Waals surface area contributed by atoms with Crippen molar-refractivity contribution in [2.45, 2.75) is 58.3 Å². The Bertz CT molecular complexity index is 2470. The van der Waals surface area contributed by atoms with Crippen LogP contribution < -0.4 is 4.98 Å². The van der Waals surface area contributed by atoms with E-state index in [-0.39, 0.29) is 10.8 Å². The van der Waals surface area contributed by atoms with Gasteiger partial charge in [0.05, 0.1) is 17.0 Å². The van der Waals surface area contributed by atoms with E-state index in [4.69, 9.17) is 9.97 Å². The van der Waals surface area contributed by atoms with Crippen LogP contribution >= 0.6 is 0 Å². The Hall–Kier alpha value is -5.67. The van der Waals surface area contributed by atoms with Crippen LogP contribution in [0.15, 0.2) is 134 Å². The summed E-state index contributed by atoms with van der Waals surface area (Å²) in [7, 11) is 0. The van der Waals surface area contributed by atoms with Crippen molar-refractivity contribution < 1.29 is 4.98 Å². The maximum absolute atomic E-state index is 5.24. The van der Waals surface area contributed by atoms with Crippen LogP contribution in [0.25, 0.3) is 67.3 Å². The second-order valence-electron chi connectivity index (χ2n) is 15.6. The predicted octanol–water partition coefficient (Wildman–Crippen LogP) is 11.7. The summed E-state index contributed by atoms with van der Waals surface area (Å²) in [4.78, 5) is 13.6. The first kappa shape index (κ1) is 31.3. The minimum Gasteiger partial charge on any atom is -0.227 e. The van der Waals surface area contributed by atoms with Crippen LogP contribution in [-0.2, 0) is 10.8 Å². The van der Waals surface area contributed by atoms with E-state index in [2.05, 4.69) is 162 Å². The largest absolute Gasteiger partial charge is 0.227 e. The molecule has 1 N–H and O–H groups in total. The van der Waals surface area contributed by atoms with Crippen molar-refractivity contribution in [1.29, 1.82) is 0 Å². The predicted molar refractivity (Wildman–Crippen MR) is 210 cm³/mol. The number of aromatic amines is 1. The molecule has 2 heterocycles. The molecule has 5 aromatic carbocycles. The minimum atomic E-state index is -0.219. The molecule has 248 valence electrons. The second-order valence-corrected chi connectivity index (χ2v) is 15.6. The van der Waals surface area contributed by atoms with Crippen LogP contribution in [0.5, 0.6) is 0 Å². The third-order valence-corrected chi connectivity index (χ3v) is 11.4. The molecule has 0 saturated heterocycles. The van der Waals surface area contributed by atoms with Crippen molar-refractivity contribution >= 4 is 0 Å². The summed E-state index contributed by atoms with van der Waals surface area (Å²) in [6.07, 6.45) is 3.88. The first-order chi connectivity index (χ1) is 24.6. The number of rotatable bonds is 5. The number of nitrogens with zero attached hydrogens (tertiary/aromatic N) is 2. The summed E-state index contributed by atoms with van der Waals surface area (Å²) >= 11 is 0. The summed E-state index contributed by atoms with van der Waals surface area (Å²) in [6.45, 7) is 13.8. The molecule has 51 heavy (non-hydrogen) atoms. The van der Waals surface area contributed by atoms with Crippen molar-refractivity contribution in [2.24, 2.45) is 0 Å². The fourth-order valence-electron chi connectivity index (χ4n) is 8.47. The molecule has 0 amide bonds. The smallest absolute Gasteiger partial charge is 0.178 e. The third kappa shape index (κ3) is 4.90. The van der Waals surface area contributed by atoms with Crippen molar-refractivity contribution in [3.8, 4) is 67.3 Å². The molecular formula is C48H42N3+. The molecule has 2 aromatic heterocycles. The Kier molecular flexibility index (Phi) is 7.02. The van der Waals surface area contributed by atoms with E-state index in [1.165, 1.54) is 66.8 Å². The first-order valence-electron chi connectivity index (χ1n) is 18.1. The second kappa shape index (κ2) is 11.4. The number of hydrogen-bond donors (Lipinski definition) is 0. The van der Waals surface area contributed by atoms with E-state index in [9.17, 15) is 0 Å². The molecule has 0 saturated carbocycles. The SMILES string of the molecule is CC(C)c1ccc2c(c1)-c1ccc(-c3ccc(-c4ccc(-c5nc(-c6ccc[nH+]c6)nc6c5C(C)(C)c5ccccc5-6)cc4)cc3)cc1C2(C)C. The van der Waals surface area contributed by atoms with E-state index in [1.54, 1.807) is 0 Å². The van der Waals surface area contributed by atoms with Gasteiger partial charge in [-0.1, -0.05) is 145 Å². The van der Waals surface area contributed by atoms with E-state index in [0.717, 1.165) is 28.3 Å². The van der Waals surface area contributed by atoms with Gasteiger partial charge in [-0.25, -0.2) is 15.0 Å². The highest BCUT2D eigenvalue weighted by molar-refractivity contribution is 5.87. The van der Waals surface area contributed by atoms with Gasteiger partial charge in [0.2, 0.25) is 0 Å². The molecule has 0 bridgehead atoms. The maximum Gasteiger partial charge on any atom is 0.178 e. The topological polar surface area (TPSA) is 39.9 Å². The van der Waals surface area contributed by atoms with Gasteiger partial charge in [0.1, 0.15) is 0 Å². The quantitative estimate of drug-likeness (QED) is 0.184. The zero-order valence-electron chi connectivity index (χ0n) is 30.2. The van der Waals surface area contributed by atoms with Gasteiger partial charge in [0, 0.05) is 33.6 Å². The van der Waals surface area contributed by atoms with E-state index in [1.807, 2.05) is 18.5 Å². The minimum absolute atomic E-state index is 0.0278. The average molecular weight is 661 g/mol. The van der Waals surface area contributed by atoms with E-state index < -0.39 is 0 Å². The molecule has 0 atom stereocenters. The number of benzene rings is 5. The van der Waals surface area contributed by atoms with Gasteiger partial charge < -0.3 is 0 Å². The number of fused-ring (bicyclic) bond motifs is 6. The van der Waals surface area contributed by atoms with Crippen LogP contribution in [0.2, 0.25) is 0 Å². The monoisotopic (exact) mass is 660 g/mol. The third-order valence-electron chi connectivity index (χ3n) is 11.4. The Balaban J connectivity index is 1.05. The number of aromatic nitrogens is 3. The summed E-state index contributed by atoms with van der Waals surface area (Å²) in [5.41, 5.74) is 19.4. The van der Waals surface area contributed by atoms with Crippen molar-refractivity contribution in [1.82, 2.24) is 9.97 Å². The highest BCUT2D eigenvalue weighted by atomic mass is 14.9. The van der Waals surface area contributed by atoms with Gasteiger partial charge in [-0.3, -0.25) is 0 Å². The fourth-order valence-corrected chi connectivity index (χ4v) is 8.47. The van der Waals surface area contributed by atoms with Crippen LogP contribution in [0.4, 0.5) is 0 Å². The molecule has 7 aromatic rings. The summed E-state index contributed by atoms with van der Waals surface area (Å²) in [6, 6.07) is 44.7. The number of hydrogen-bond acceptors (Lipinski definition) is 2. The first-order valence-corrected chi connectivity index (χ1v) is 18.1. The van der Waals surface area contributed by atoms with Gasteiger partial charge >= 0.3 is 0 Å². The van der Waals surface area contributed by atoms with Gasteiger partial charge in [-0.2, -0.15) is 0 Å². The molecule has 0 spiro atoms. The molecule has 0 aliphatic heterocycles. The van der Waals surface area contributed by atoms with Gasteiger partial charge in [-0.05, 0) is 73.7 Å². The number of H-pyrrole nitrogens is 1. The lowest BCUT2D eigenvalue weighted by Gasteiger charge is -2.23. The van der Waals surface area contributed by atoms with Crippen LogP contribution in [0.1, 0.15) is 75.3 Å².